The maximum Gasteiger partial charge on any atom is 2.00 e. The van der Waals surface area contributed by atoms with E-state index in [1.165, 1.54) is 0 Å². The molecular formula is H4BCl3MgO3. The van der Waals surface area contributed by atoms with E-state index in [4.69, 9.17) is 15.1 Å². The molecule has 0 amide bonds. The fourth-order valence-corrected chi connectivity index (χ4v) is 0. The summed E-state index contributed by atoms with van der Waals surface area (Å²) in [5.41, 5.74) is 0. The molecule has 0 saturated carbocycles. The van der Waals surface area contributed by atoms with Gasteiger partial charge < -0.3 is 15.1 Å². The third kappa shape index (κ3) is 131. The Morgan fingerprint density at radius 3 is 1.00 bits per heavy atom. The zero-order chi connectivity index (χ0) is 3.58. The zero-order valence-electron chi connectivity index (χ0n) is 3.77. The molecule has 0 aromatic rings. The van der Waals surface area contributed by atoms with Crippen molar-refractivity contribution >= 4 is 67.6 Å². The minimum atomic E-state index is -2.67. The molecule has 0 radical (unpaired) electrons. The molecule has 1 N–H and O–H groups in total. The van der Waals surface area contributed by atoms with Crippen molar-refractivity contribution in [1.82, 2.24) is 0 Å². The smallest absolute Gasteiger partial charge is 0.871 e. The van der Waals surface area contributed by atoms with Gasteiger partial charge in [-0.25, -0.2) is 0 Å². The average molecular weight is 194 g/mol. The molecule has 0 aliphatic carbocycles. The molecular weight excluding hydrogens is 189 g/mol. The van der Waals surface area contributed by atoms with Crippen molar-refractivity contribution in [3.63, 3.8) is 0 Å². The van der Waals surface area contributed by atoms with Gasteiger partial charge in [-0.15, -0.1) is 37.2 Å². The molecule has 0 fully saturated rings. The van der Waals surface area contributed by atoms with Crippen LogP contribution in [0.3, 0.4) is 0 Å². The number of halogens is 3. The summed E-state index contributed by atoms with van der Waals surface area (Å²) in [7, 11) is -2.67. The summed E-state index contributed by atoms with van der Waals surface area (Å²) in [5, 5.41) is 24.0. The van der Waals surface area contributed by atoms with E-state index < -0.39 is 7.32 Å². The normalized spacial score (nSPS) is 3.38. The average Bonchev–Trinajstić information content (AvgIpc) is 0.811. The maximum absolute atomic E-state index is 8.53. The molecule has 8 heavy (non-hydrogen) atoms. The van der Waals surface area contributed by atoms with Crippen LogP contribution in [0.5, 0.6) is 0 Å². The van der Waals surface area contributed by atoms with Gasteiger partial charge in [-0.1, -0.05) is 0 Å². The Bertz CT molecular complexity index is 19.2. The van der Waals surface area contributed by atoms with Gasteiger partial charge in [0.25, 0.3) is 0 Å². The Balaban J connectivity index is -0.00000000750. The summed E-state index contributed by atoms with van der Waals surface area (Å²) in [5.74, 6) is 0. The number of hydrogen-bond donors (Lipinski definition) is 1. The molecule has 48 valence electrons. The first kappa shape index (κ1) is 33.6. The third-order valence-corrected chi connectivity index (χ3v) is 0. The first-order valence-corrected chi connectivity index (χ1v) is 0.730. The second-order valence-electron chi connectivity index (χ2n) is 0.307. The van der Waals surface area contributed by atoms with E-state index in [0.29, 0.717) is 0 Å². The molecule has 0 aromatic heterocycles. The van der Waals surface area contributed by atoms with Crippen LogP contribution in [0.1, 0.15) is 0 Å². The van der Waals surface area contributed by atoms with E-state index >= 15 is 0 Å². The molecule has 0 bridgehead atoms. The van der Waals surface area contributed by atoms with Gasteiger partial charge in [0.15, 0.2) is 0 Å². The fourth-order valence-electron chi connectivity index (χ4n) is 0. The summed E-state index contributed by atoms with van der Waals surface area (Å²) in [4.78, 5) is 0. The molecule has 0 atom stereocenters. The maximum atomic E-state index is 8.53. The molecule has 0 unspecified atom stereocenters. The van der Waals surface area contributed by atoms with Crippen LogP contribution in [0, 0.1) is 0 Å². The molecule has 0 aliphatic heterocycles. The van der Waals surface area contributed by atoms with Gasteiger partial charge in [0, 0.05) is 0 Å². The number of rotatable bonds is 0. The monoisotopic (exact) mass is 192 g/mol. The van der Waals surface area contributed by atoms with Crippen molar-refractivity contribution in [3.05, 3.63) is 0 Å². The van der Waals surface area contributed by atoms with E-state index in [2.05, 4.69) is 0 Å². The third-order valence-electron chi connectivity index (χ3n) is 0. The van der Waals surface area contributed by atoms with Crippen LogP contribution in [0.4, 0.5) is 0 Å². The van der Waals surface area contributed by atoms with Crippen LogP contribution in [0.15, 0.2) is 0 Å². The van der Waals surface area contributed by atoms with Crippen LogP contribution < -0.4 is 10.0 Å². The van der Waals surface area contributed by atoms with Crippen LogP contribution in [-0.4, -0.2) is 35.4 Å². The van der Waals surface area contributed by atoms with Crippen molar-refractivity contribution in [2.45, 2.75) is 0 Å². The summed E-state index contributed by atoms with van der Waals surface area (Å²) in [6.07, 6.45) is 0. The van der Waals surface area contributed by atoms with Crippen LogP contribution in [0.25, 0.3) is 0 Å². The quantitative estimate of drug-likeness (QED) is 0.435. The van der Waals surface area contributed by atoms with Gasteiger partial charge in [0.2, 0.25) is 0 Å². The van der Waals surface area contributed by atoms with Gasteiger partial charge in [0.05, 0.1) is 7.32 Å². The summed E-state index contributed by atoms with van der Waals surface area (Å²) >= 11 is 0. The van der Waals surface area contributed by atoms with Crippen molar-refractivity contribution in [1.29, 1.82) is 0 Å². The molecule has 3 nitrogen and oxygen atoms in total. The van der Waals surface area contributed by atoms with E-state index in [0.717, 1.165) is 0 Å². The van der Waals surface area contributed by atoms with Gasteiger partial charge in [0.1, 0.15) is 0 Å². The second-order valence-corrected chi connectivity index (χ2v) is 0.307. The van der Waals surface area contributed by atoms with Crippen molar-refractivity contribution in [2.24, 2.45) is 0 Å². The van der Waals surface area contributed by atoms with Crippen LogP contribution >= 0.6 is 37.2 Å². The van der Waals surface area contributed by atoms with Gasteiger partial charge >= 0.3 is 23.1 Å². The van der Waals surface area contributed by atoms with E-state index in [1.807, 2.05) is 0 Å². The largest absolute Gasteiger partial charge is 2.00 e. The Hall–Kier alpha value is 1.58. The minimum absolute atomic E-state index is 0. The molecule has 8 heteroatoms. The van der Waals surface area contributed by atoms with E-state index in [1.54, 1.807) is 0 Å². The first-order chi connectivity index (χ1) is 1.73. The summed E-state index contributed by atoms with van der Waals surface area (Å²) < 4.78 is 0. The van der Waals surface area contributed by atoms with Crippen molar-refractivity contribution < 1.29 is 15.1 Å². The molecule has 0 spiro atoms. The molecule has 0 aromatic carbocycles. The van der Waals surface area contributed by atoms with E-state index in [9.17, 15) is 0 Å². The standard InChI is InChI=1S/BHO3.3ClH.Mg/c2-1(3)4;;;;/h2H;3*1H;/q-2;;;;+2. The summed E-state index contributed by atoms with van der Waals surface area (Å²) in [6.45, 7) is 0. The first-order valence-electron chi connectivity index (χ1n) is 0.730. The Morgan fingerprint density at radius 2 is 1.00 bits per heavy atom. The molecule has 0 saturated heterocycles. The van der Waals surface area contributed by atoms with Gasteiger partial charge in [-0.05, 0) is 0 Å². The van der Waals surface area contributed by atoms with Crippen LogP contribution in [-0.2, 0) is 0 Å². The predicted octanol–water partition coefficient (Wildman–Crippen LogP) is -2.43. The van der Waals surface area contributed by atoms with Crippen LogP contribution in [0.2, 0.25) is 0 Å². The zero-order valence-corrected chi connectivity index (χ0v) is 7.64. The fraction of sp³-hybridized carbons (Fsp3) is 0. The SMILES string of the molecule is Cl.Cl.Cl.[Mg+2].[O-]B([O-])O. The predicted molar refractivity (Wildman–Crippen MR) is 35.5 cm³/mol. The topological polar surface area (TPSA) is 66.3 Å². The minimum Gasteiger partial charge on any atom is -0.871 e. The van der Waals surface area contributed by atoms with Crippen molar-refractivity contribution in [2.75, 3.05) is 0 Å². The summed E-state index contributed by atoms with van der Waals surface area (Å²) in [6, 6.07) is 0. The molecule has 0 aliphatic rings. The van der Waals surface area contributed by atoms with Gasteiger partial charge in [-0.2, -0.15) is 0 Å². The molecule has 0 rings (SSSR count). The second kappa shape index (κ2) is 23.5. The van der Waals surface area contributed by atoms with Gasteiger partial charge in [-0.3, -0.25) is 0 Å². The van der Waals surface area contributed by atoms with Crippen molar-refractivity contribution in [3.8, 4) is 0 Å². The Labute approximate surface area is 82.4 Å². The molecule has 0 heterocycles. The Kier molecular flexibility index (Phi) is 98.7. The number of hydrogen-bond acceptors (Lipinski definition) is 3. The van der Waals surface area contributed by atoms with E-state index in [-0.39, 0.29) is 60.3 Å². The Morgan fingerprint density at radius 1 is 1.00 bits per heavy atom.